The van der Waals surface area contributed by atoms with Crippen LogP contribution in [-0.2, 0) is 24.2 Å². The van der Waals surface area contributed by atoms with E-state index in [1.807, 2.05) is 35.2 Å². The van der Waals surface area contributed by atoms with Crippen molar-refractivity contribution in [3.05, 3.63) is 101 Å². The van der Waals surface area contributed by atoms with Crippen molar-refractivity contribution in [2.24, 2.45) is 11.7 Å². The molecule has 2 N–H and O–H groups in total. The predicted octanol–water partition coefficient (Wildman–Crippen LogP) is 4.53. The summed E-state index contributed by atoms with van der Waals surface area (Å²) in [6, 6.07) is 27.0. The Bertz CT molecular complexity index is 1020. The van der Waals surface area contributed by atoms with Crippen LogP contribution in [0.4, 0.5) is 0 Å². The van der Waals surface area contributed by atoms with Crippen molar-refractivity contribution in [3.8, 4) is 5.75 Å². The highest BCUT2D eigenvalue weighted by molar-refractivity contribution is 5.79. The summed E-state index contributed by atoms with van der Waals surface area (Å²) in [4.78, 5) is 15.2. The molecule has 0 unspecified atom stereocenters. The Kier molecular flexibility index (Phi) is 6.68. The van der Waals surface area contributed by atoms with Gasteiger partial charge in [0.2, 0.25) is 5.91 Å². The summed E-state index contributed by atoms with van der Waals surface area (Å²) >= 11 is 0. The Labute approximate surface area is 184 Å². The van der Waals surface area contributed by atoms with Gasteiger partial charge >= 0.3 is 0 Å². The summed E-state index contributed by atoms with van der Waals surface area (Å²) in [5, 5.41) is 0. The maximum absolute atomic E-state index is 13.2. The number of nitrogens with zero attached hydrogens (tertiary/aromatic N) is 1. The van der Waals surface area contributed by atoms with Crippen LogP contribution in [0, 0.1) is 5.92 Å². The molecule has 0 radical (unpaired) electrons. The Balaban J connectivity index is 1.75. The average molecular weight is 415 g/mol. The van der Waals surface area contributed by atoms with E-state index in [1.165, 1.54) is 16.7 Å². The lowest BCUT2D eigenvalue weighted by atomic mass is 9.76. The summed E-state index contributed by atoms with van der Waals surface area (Å²) in [6.45, 7) is 0.468. The maximum atomic E-state index is 13.2. The lowest BCUT2D eigenvalue weighted by Crippen LogP contribution is -2.43. The fraction of sp³-hybridized carbons (Fsp3) is 0.296. The van der Waals surface area contributed by atoms with Crippen LogP contribution in [-0.4, -0.2) is 24.5 Å². The van der Waals surface area contributed by atoms with Crippen LogP contribution in [0.25, 0.3) is 0 Å². The van der Waals surface area contributed by atoms with Crippen molar-refractivity contribution in [2.45, 2.75) is 31.8 Å². The highest BCUT2D eigenvalue weighted by atomic mass is 16.5. The van der Waals surface area contributed by atoms with E-state index in [4.69, 9.17) is 10.5 Å². The van der Waals surface area contributed by atoms with Gasteiger partial charge in [0, 0.05) is 12.1 Å². The average Bonchev–Trinajstić information content (AvgIpc) is 2.83. The van der Waals surface area contributed by atoms with E-state index in [9.17, 15) is 4.79 Å². The fourth-order valence-corrected chi connectivity index (χ4v) is 4.83. The molecule has 1 aliphatic rings. The molecule has 0 bridgehead atoms. The number of aryl methyl sites for hydroxylation is 1. The molecule has 4 nitrogen and oxygen atoms in total. The first-order valence-electron chi connectivity index (χ1n) is 10.9. The number of carbonyl (C=O) groups excluding carboxylic acids is 1. The second-order valence-electron chi connectivity index (χ2n) is 8.17. The summed E-state index contributed by atoms with van der Waals surface area (Å²) in [7, 11) is 1.67. The monoisotopic (exact) mass is 414 g/mol. The Morgan fingerprint density at radius 2 is 1.71 bits per heavy atom. The molecule has 0 aromatic heterocycles. The zero-order chi connectivity index (χ0) is 21.6. The van der Waals surface area contributed by atoms with Gasteiger partial charge in [-0.3, -0.25) is 4.79 Å². The summed E-state index contributed by atoms with van der Waals surface area (Å²) < 4.78 is 5.57. The quantitative estimate of drug-likeness (QED) is 0.618. The van der Waals surface area contributed by atoms with Crippen LogP contribution < -0.4 is 10.5 Å². The number of methoxy groups -OCH3 is 1. The molecule has 3 aromatic carbocycles. The smallest absolute Gasteiger partial charge is 0.237 e. The first kappa shape index (κ1) is 21.1. The molecule has 1 aliphatic carbocycles. The molecule has 2 atom stereocenters. The second kappa shape index (κ2) is 9.80. The van der Waals surface area contributed by atoms with Crippen molar-refractivity contribution < 1.29 is 9.53 Å². The third-order valence-electron chi connectivity index (χ3n) is 6.31. The molecule has 4 heteroatoms. The largest absolute Gasteiger partial charge is 0.496 e. The number of benzene rings is 3. The summed E-state index contributed by atoms with van der Waals surface area (Å²) in [5.41, 5.74) is 10.8. The summed E-state index contributed by atoms with van der Waals surface area (Å²) in [6.07, 6.45) is 3.00. The minimum Gasteiger partial charge on any atom is -0.496 e. The highest BCUT2D eigenvalue weighted by Crippen LogP contribution is 2.41. The van der Waals surface area contributed by atoms with Gasteiger partial charge in [0.05, 0.1) is 19.7 Å². The molecule has 0 heterocycles. The van der Waals surface area contributed by atoms with E-state index in [0.29, 0.717) is 12.5 Å². The van der Waals surface area contributed by atoms with Crippen molar-refractivity contribution in [3.63, 3.8) is 0 Å². The van der Waals surface area contributed by atoms with Crippen LogP contribution in [0.3, 0.4) is 0 Å². The van der Waals surface area contributed by atoms with Crippen molar-refractivity contribution in [1.29, 1.82) is 0 Å². The van der Waals surface area contributed by atoms with E-state index in [1.54, 1.807) is 7.11 Å². The molecule has 0 fully saturated rings. The molecule has 31 heavy (non-hydrogen) atoms. The zero-order valence-electron chi connectivity index (χ0n) is 18.0. The number of nitrogens with two attached hydrogens (primary N) is 1. The zero-order valence-corrected chi connectivity index (χ0v) is 18.0. The van der Waals surface area contributed by atoms with Crippen LogP contribution in [0.5, 0.6) is 5.75 Å². The van der Waals surface area contributed by atoms with Gasteiger partial charge in [-0.1, -0.05) is 72.8 Å². The molecule has 0 aliphatic heterocycles. The lowest BCUT2D eigenvalue weighted by Gasteiger charge is -2.41. The summed E-state index contributed by atoms with van der Waals surface area (Å²) in [5.74, 6) is 1.08. The molecule has 0 saturated heterocycles. The molecule has 0 saturated carbocycles. The Morgan fingerprint density at radius 3 is 2.48 bits per heavy atom. The first-order chi connectivity index (χ1) is 15.2. The standard InChI is InChI=1S/C27H30N2O2/c1-31-25-14-8-6-12-23(25)19-29(26(30)18-28)27-22(17-20-9-3-2-4-10-20)16-15-21-11-5-7-13-24(21)27/h2-14,22,27H,15-19,28H2,1H3/t22-,27-/m0/s1. The van der Waals surface area contributed by atoms with Crippen molar-refractivity contribution in [1.82, 2.24) is 4.90 Å². The third kappa shape index (κ3) is 4.64. The molecule has 160 valence electrons. The predicted molar refractivity (Wildman–Crippen MR) is 124 cm³/mol. The van der Waals surface area contributed by atoms with Gasteiger partial charge in [-0.25, -0.2) is 0 Å². The van der Waals surface area contributed by atoms with Crippen LogP contribution in [0.15, 0.2) is 78.9 Å². The highest BCUT2D eigenvalue weighted by Gasteiger charge is 2.36. The van der Waals surface area contributed by atoms with Gasteiger partial charge in [-0.05, 0) is 47.9 Å². The number of rotatable bonds is 7. The molecule has 4 rings (SSSR count). The topological polar surface area (TPSA) is 55.6 Å². The minimum absolute atomic E-state index is 0.00806. The molecular weight excluding hydrogens is 384 g/mol. The number of amides is 1. The number of hydrogen-bond acceptors (Lipinski definition) is 3. The van der Waals surface area contributed by atoms with E-state index in [0.717, 1.165) is 30.6 Å². The SMILES string of the molecule is COc1ccccc1CN(C(=O)CN)[C@@H]1c2ccccc2CC[C@H]1Cc1ccccc1. The van der Waals surface area contributed by atoms with Gasteiger partial charge < -0.3 is 15.4 Å². The second-order valence-corrected chi connectivity index (χ2v) is 8.17. The maximum Gasteiger partial charge on any atom is 0.237 e. The number of ether oxygens (including phenoxy) is 1. The van der Waals surface area contributed by atoms with Crippen molar-refractivity contribution >= 4 is 5.91 Å². The number of fused-ring (bicyclic) bond motifs is 1. The van der Waals surface area contributed by atoms with Crippen molar-refractivity contribution in [2.75, 3.05) is 13.7 Å². The third-order valence-corrected chi connectivity index (χ3v) is 6.31. The molecule has 3 aromatic rings. The van der Waals surface area contributed by atoms with Crippen LogP contribution in [0.1, 0.15) is 34.7 Å². The fourth-order valence-electron chi connectivity index (χ4n) is 4.83. The first-order valence-corrected chi connectivity index (χ1v) is 10.9. The molecular formula is C27H30N2O2. The van der Waals surface area contributed by atoms with Gasteiger partial charge in [-0.2, -0.15) is 0 Å². The number of carbonyl (C=O) groups is 1. The van der Waals surface area contributed by atoms with Crippen LogP contribution in [0.2, 0.25) is 0 Å². The normalized spacial score (nSPS) is 17.6. The van der Waals surface area contributed by atoms with E-state index >= 15 is 0 Å². The molecule has 0 spiro atoms. The van der Waals surface area contributed by atoms with Crippen LogP contribution >= 0.6 is 0 Å². The van der Waals surface area contributed by atoms with E-state index in [-0.39, 0.29) is 18.5 Å². The minimum atomic E-state index is -0.0364. The van der Waals surface area contributed by atoms with Gasteiger partial charge in [0.15, 0.2) is 0 Å². The van der Waals surface area contributed by atoms with E-state index in [2.05, 4.69) is 48.5 Å². The number of hydrogen-bond donors (Lipinski definition) is 1. The lowest BCUT2D eigenvalue weighted by molar-refractivity contribution is -0.134. The Hall–Kier alpha value is -3.11. The Morgan fingerprint density at radius 1 is 1.00 bits per heavy atom. The number of para-hydroxylation sites is 1. The van der Waals surface area contributed by atoms with Gasteiger partial charge in [0.25, 0.3) is 0 Å². The molecule has 1 amide bonds. The van der Waals surface area contributed by atoms with Gasteiger partial charge in [-0.15, -0.1) is 0 Å². The van der Waals surface area contributed by atoms with E-state index < -0.39 is 0 Å². The van der Waals surface area contributed by atoms with Gasteiger partial charge in [0.1, 0.15) is 5.75 Å².